The third kappa shape index (κ3) is 73.3. The maximum atomic E-state index is 13.7. The number of nitrogens with zero attached hydrogens (tertiary/aromatic N) is 1. The van der Waals surface area contributed by atoms with Crippen LogP contribution in [0.4, 0.5) is 0 Å². The average Bonchev–Trinajstić information content (AvgIpc) is 2.31. The Balaban J connectivity index is 4.96. The molecule has 0 aliphatic carbocycles. The van der Waals surface area contributed by atoms with Crippen LogP contribution in [0.2, 0.25) is 0 Å². The van der Waals surface area contributed by atoms with E-state index in [1.54, 1.807) is 0 Å². The van der Waals surface area contributed by atoms with Gasteiger partial charge in [-0.2, -0.15) is 0 Å². The monoisotopic (exact) mass is 1320 g/mol. The number of allylic oxidation sites excluding steroid dienone is 13. The Morgan fingerprint density at radius 1 is 0.376 bits per heavy atom. The highest BCUT2D eigenvalue weighted by molar-refractivity contribution is 7.45. The summed E-state index contributed by atoms with van der Waals surface area (Å²) < 4.78 is 30.6. The summed E-state index contributed by atoms with van der Waals surface area (Å²) in [7, 11) is 1.19. The topological polar surface area (TPSA) is 114 Å². The molecule has 0 saturated heterocycles. The molecular weight excluding hydrogens is 1170 g/mol. The van der Waals surface area contributed by atoms with Gasteiger partial charge in [0, 0.05) is 12.8 Å². The van der Waals surface area contributed by atoms with Crippen LogP contribution < -0.4 is 10.2 Å². The van der Waals surface area contributed by atoms with Crippen LogP contribution in [0.1, 0.15) is 380 Å². The third-order valence-corrected chi connectivity index (χ3v) is 18.8. The molecule has 9 nitrogen and oxygen atoms in total. The molecule has 93 heavy (non-hydrogen) atoms. The number of phosphoric ester groups is 1. The number of hydrogen-bond acceptors (Lipinski definition) is 7. The predicted molar refractivity (Wildman–Crippen MR) is 404 cm³/mol. The van der Waals surface area contributed by atoms with E-state index in [-0.39, 0.29) is 31.5 Å². The summed E-state index contributed by atoms with van der Waals surface area (Å²) in [5.41, 5.74) is 0. The van der Waals surface area contributed by atoms with E-state index >= 15 is 0 Å². The molecule has 0 spiro atoms. The lowest BCUT2D eigenvalue weighted by Gasteiger charge is -2.30. The molecule has 1 amide bonds. The lowest BCUT2D eigenvalue weighted by Crippen LogP contribution is -2.47. The van der Waals surface area contributed by atoms with Crippen molar-refractivity contribution in [2.75, 3.05) is 40.9 Å². The van der Waals surface area contributed by atoms with Crippen LogP contribution in [-0.2, 0) is 27.9 Å². The number of carbonyl (C=O) groups is 2. The van der Waals surface area contributed by atoms with Crippen LogP contribution in [0.15, 0.2) is 85.1 Å². The molecule has 1 N–H and O–H groups in total. The zero-order valence-corrected chi connectivity index (χ0v) is 63.1. The molecular formula is C83H153N2O7P. The second-order valence-corrected chi connectivity index (χ2v) is 29.6. The van der Waals surface area contributed by atoms with Gasteiger partial charge >= 0.3 is 5.97 Å². The summed E-state index contributed by atoms with van der Waals surface area (Å²) in [6.45, 7) is 6.84. The van der Waals surface area contributed by atoms with Gasteiger partial charge in [0.2, 0.25) is 5.91 Å². The van der Waals surface area contributed by atoms with Gasteiger partial charge in [0.15, 0.2) is 0 Å². The molecule has 0 aliphatic heterocycles. The van der Waals surface area contributed by atoms with Gasteiger partial charge in [0.25, 0.3) is 7.82 Å². The molecule has 0 saturated carbocycles. The Kier molecular flexibility index (Phi) is 69.8. The number of ether oxygens (including phenoxy) is 1. The van der Waals surface area contributed by atoms with Crippen molar-refractivity contribution in [3.05, 3.63) is 85.1 Å². The smallest absolute Gasteiger partial charge is 0.306 e. The molecule has 0 radical (unpaired) electrons. The van der Waals surface area contributed by atoms with E-state index in [4.69, 9.17) is 13.8 Å². The van der Waals surface area contributed by atoms with Gasteiger partial charge in [0.05, 0.1) is 33.8 Å². The molecule has 0 aliphatic rings. The van der Waals surface area contributed by atoms with Gasteiger partial charge in [-0.25, -0.2) is 0 Å². The third-order valence-electron chi connectivity index (χ3n) is 17.8. The molecule has 0 aromatic rings. The Bertz CT molecular complexity index is 1870. The van der Waals surface area contributed by atoms with E-state index in [9.17, 15) is 19.0 Å². The lowest BCUT2D eigenvalue weighted by atomic mass is 10.0. The van der Waals surface area contributed by atoms with Crippen molar-refractivity contribution in [1.29, 1.82) is 0 Å². The quantitative estimate of drug-likeness (QED) is 0.0212. The number of carbonyl (C=O) groups excluding carboxylic acids is 2. The van der Waals surface area contributed by atoms with Gasteiger partial charge < -0.3 is 28.5 Å². The summed E-state index contributed by atoms with van der Waals surface area (Å²) >= 11 is 0. The van der Waals surface area contributed by atoms with E-state index in [1.807, 2.05) is 33.3 Å². The first-order valence-electron chi connectivity index (χ1n) is 39.9. The van der Waals surface area contributed by atoms with Crippen LogP contribution in [0.5, 0.6) is 0 Å². The van der Waals surface area contributed by atoms with Crippen LogP contribution in [-0.4, -0.2) is 69.4 Å². The largest absolute Gasteiger partial charge is 0.756 e. The Morgan fingerprint density at radius 2 is 0.656 bits per heavy atom. The minimum atomic E-state index is -4.71. The summed E-state index contributed by atoms with van der Waals surface area (Å²) in [5.74, 6) is -0.530. The SMILES string of the molecule is CCCCC/C=C\C/C=C\C/C=C\C/C=C\CCCCCCCCCCCCCC(=O)NC(COP(=O)([O-])OCC[N+](C)(C)C)C(/C=C/CCCCCCCCCCCCC)OC(=O)CCCCCCCCCCCCCCCCCCC/C=C\C/C=C\CCCCC. The van der Waals surface area contributed by atoms with Gasteiger partial charge in [0.1, 0.15) is 19.3 Å². The fraction of sp³-hybridized carbons (Fsp3) is 0.807. The number of unbranched alkanes of at least 4 members (excludes halogenated alkanes) is 45. The predicted octanol–water partition coefficient (Wildman–Crippen LogP) is 25.4. The van der Waals surface area contributed by atoms with E-state index in [0.29, 0.717) is 17.4 Å². The summed E-state index contributed by atoms with van der Waals surface area (Å²) in [5, 5.41) is 3.06. The molecule has 0 aromatic heterocycles. The Labute approximate surface area is 577 Å². The van der Waals surface area contributed by atoms with Crippen molar-refractivity contribution in [3.63, 3.8) is 0 Å². The molecule has 542 valence electrons. The van der Waals surface area contributed by atoms with E-state index < -0.39 is 20.0 Å². The Hall–Kier alpha value is -2.81. The number of phosphoric acid groups is 1. The van der Waals surface area contributed by atoms with Crippen molar-refractivity contribution >= 4 is 19.7 Å². The number of amides is 1. The van der Waals surface area contributed by atoms with E-state index in [1.165, 1.54) is 257 Å². The molecule has 0 heterocycles. The maximum Gasteiger partial charge on any atom is 0.306 e. The van der Waals surface area contributed by atoms with Crippen molar-refractivity contribution in [2.45, 2.75) is 392 Å². The minimum absolute atomic E-state index is 0.0239. The van der Waals surface area contributed by atoms with Gasteiger partial charge in [-0.05, 0) is 109 Å². The van der Waals surface area contributed by atoms with Crippen molar-refractivity contribution in [3.8, 4) is 0 Å². The van der Waals surface area contributed by atoms with E-state index in [0.717, 1.165) is 89.9 Å². The lowest BCUT2D eigenvalue weighted by molar-refractivity contribution is -0.870. The zero-order valence-electron chi connectivity index (χ0n) is 62.2. The summed E-state index contributed by atoms with van der Waals surface area (Å²) in [6, 6.07) is -0.894. The highest BCUT2D eigenvalue weighted by atomic mass is 31.2. The number of nitrogens with one attached hydrogen (secondary N) is 1. The maximum absolute atomic E-state index is 13.7. The number of rotatable bonds is 73. The van der Waals surface area contributed by atoms with E-state index in [2.05, 4.69) is 99.0 Å². The summed E-state index contributed by atoms with van der Waals surface area (Å²) in [4.78, 5) is 40.4. The number of quaternary nitrogens is 1. The van der Waals surface area contributed by atoms with Crippen molar-refractivity contribution in [1.82, 2.24) is 5.32 Å². The van der Waals surface area contributed by atoms with Crippen LogP contribution in [0.3, 0.4) is 0 Å². The van der Waals surface area contributed by atoms with Gasteiger partial charge in [-0.1, -0.05) is 344 Å². The molecule has 0 bridgehead atoms. The van der Waals surface area contributed by atoms with Gasteiger partial charge in [-0.3, -0.25) is 14.2 Å². The first kappa shape index (κ1) is 90.2. The van der Waals surface area contributed by atoms with Gasteiger partial charge in [-0.15, -0.1) is 0 Å². The standard InChI is InChI=1S/C83H153N2O7P/c1-7-10-13-16-19-22-25-28-30-32-34-36-38-40-42-44-46-48-50-52-54-57-60-63-66-69-72-75-82(86)84-80(79-91-93(88,89)90-78-77-85(4,5)6)81(74-71-68-65-62-59-56-27-24-21-18-15-12-9-3)92-83(87)76-73-70-67-64-61-58-55-53-51-49-47-45-43-41-39-37-35-33-31-29-26-23-20-17-14-11-8-2/h19-20,22-23,28-31,34,36,40,42,71,74,80-81H,7-18,21,24-27,32-33,35,37-39,41,43-70,72-73,75-79H2,1-6H3,(H-,84,86,88,89)/b22-19-,23-20-,30-28-,31-29-,36-34-,42-40-,74-71+. The van der Waals surface area contributed by atoms with Crippen molar-refractivity contribution < 1.29 is 37.3 Å². The van der Waals surface area contributed by atoms with Crippen LogP contribution >= 0.6 is 7.82 Å². The molecule has 0 aromatic carbocycles. The van der Waals surface area contributed by atoms with Crippen LogP contribution in [0, 0.1) is 0 Å². The molecule has 10 heteroatoms. The number of likely N-dealkylation sites (N-methyl/N-ethyl adjacent to an activating group) is 1. The fourth-order valence-electron chi connectivity index (χ4n) is 11.7. The Morgan fingerprint density at radius 3 is 1.00 bits per heavy atom. The second kappa shape index (κ2) is 71.9. The van der Waals surface area contributed by atoms with Crippen molar-refractivity contribution in [2.24, 2.45) is 0 Å². The highest BCUT2D eigenvalue weighted by Gasteiger charge is 2.27. The normalized spacial score (nSPS) is 13.8. The minimum Gasteiger partial charge on any atom is -0.756 e. The fourth-order valence-corrected chi connectivity index (χ4v) is 12.4. The number of hydrogen-bond donors (Lipinski definition) is 1. The average molecular weight is 1320 g/mol. The molecule has 3 unspecified atom stereocenters. The molecule has 0 rings (SSSR count). The molecule has 0 fully saturated rings. The highest BCUT2D eigenvalue weighted by Crippen LogP contribution is 2.38. The second-order valence-electron chi connectivity index (χ2n) is 28.2. The molecule has 3 atom stereocenters. The first-order chi connectivity index (χ1) is 45.4. The zero-order chi connectivity index (χ0) is 67.8. The first-order valence-corrected chi connectivity index (χ1v) is 41.4. The number of esters is 1. The summed E-state index contributed by atoms with van der Waals surface area (Å²) in [6.07, 6.45) is 97.2. The van der Waals surface area contributed by atoms with Crippen LogP contribution in [0.25, 0.3) is 0 Å².